The van der Waals surface area contributed by atoms with Gasteiger partial charge in [-0.2, -0.15) is 0 Å². The van der Waals surface area contributed by atoms with Gasteiger partial charge in [0.25, 0.3) is 0 Å². The molecular formula is C9H15NO5. The molecule has 2 heterocycles. The topological polar surface area (TPSA) is 101 Å². The average Bonchev–Trinajstić information content (AvgIpc) is 2.70. The minimum Gasteiger partial charge on any atom is -0.394 e. The lowest BCUT2D eigenvalue weighted by molar-refractivity contribution is -0.134. The van der Waals surface area contributed by atoms with E-state index < -0.39 is 37.0 Å². The standard InChI is InChI=1S/C9H15NO5/c11-3-5(12)7-9(15)8(14)4-1-2-6(13)10(4)7/h4-5,7-9,11-12,14-15H,1-3H2/t4-,5+,7-,8-,9-/m0/s1. The molecule has 0 aromatic heterocycles. The predicted molar refractivity (Wildman–Crippen MR) is 48.8 cm³/mol. The zero-order valence-corrected chi connectivity index (χ0v) is 8.15. The highest BCUT2D eigenvalue weighted by atomic mass is 16.3. The maximum Gasteiger partial charge on any atom is 0.223 e. The Hall–Kier alpha value is -0.690. The van der Waals surface area contributed by atoms with E-state index in [9.17, 15) is 20.1 Å². The molecule has 2 saturated heterocycles. The second-order valence-corrected chi connectivity index (χ2v) is 4.13. The molecule has 0 aromatic rings. The van der Waals surface area contributed by atoms with Crippen molar-refractivity contribution in [2.75, 3.05) is 6.61 Å². The van der Waals surface area contributed by atoms with Crippen molar-refractivity contribution in [3.8, 4) is 0 Å². The Morgan fingerprint density at radius 2 is 2.07 bits per heavy atom. The monoisotopic (exact) mass is 217 g/mol. The molecule has 2 aliphatic heterocycles. The molecule has 2 aliphatic rings. The summed E-state index contributed by atoms with van der Waals surface area (Å²) in [5.74, 6) is -0.187. The SMILES string of the molecule is O=C1CC[C@H]2[C@H](O)[C@@H](O)[C@H]([C@H](O)CO)N12. The summed E-state index contributed by atoms with van der Waals surface area (Å²) in [5.41, 5.74) is 0. The maximum absolute atomic E-state index is 11.5. The molecular weight excluding hydrogens is 202 g/mol. The molecule has 0 radical (unpaired) electrons. The summed E-state index contributed by atoms with van der Waals surface area (Å²) >= 11 is 0. The lowest BCUT2D eigenvalue weighted by Crippen LogP contribution is -2.48. The van der Waals surface area contributed by atoms with Crippen LogP contribution in [0.25, 0.3) is 0 Å². The number of fused-ring (bicyclic) bond motifs is 1. The van der Waals surface area contributed by atoms with Gasteiger partial charge in [0.05, 0.1) is 18.7 Å². The van der Waals surface area contributed by atoms with Gasteiger partial charge in [-0.25, -0.2) is 0 Å². The Bertz CT molecular complexity index is 271. The molecule has 0 unspecified atom stereocenters. The molecule has 86 valence electrons. The van der Waals surface area contributed by atoms with E-state index in [2.05, 4.69) is 0 Å². The normalized spacial score (nSPS) is 42.1. The van der Waals surface area contributed by atoms with Gasteiger partial charge in [0, 0.05) is 6.42 Å². The molecule has 0 saturated carbocycles. The molecule has 0 aliphatic carbocycles. The molecule has 15 heavy (non-hydrogen) atoms. The summed E-state index contributed by atoms with van der Waals surface area (Å²) < 4.78 is 0. The van der Waals surface area contributed by atoms with Crippen LogP contribution >= 0.6 is 0 Å². The predicted octanol–water partition coefficient (Wildman–Crippen LogP) is -2.57. The van der Waals surface area contributed by atoms with E-state index in [4.69, 9.17) is 5.11 Å². The zero-order valence-electron chi connectivity index (χ0n) is 8.15. The van der Waals surface area contributed by atoms with Crippen LogP contribution in [0.3, 0.4) is 0 Å². The van der Waals surface area contributed by atoms with Crippen molar-refractivity contribution in [3.05, 3.63) is 0 Å². The first-order valence-corrected chi connectivity index (χ1v) is 5.04. The van der Waals surface area contributed by atoms with Gasteiger partial charge in [-0.15, -0.1) is 0 Å². The number of hydrogen-bond acceptors (Lipinski definition) is 5. The van der Waals surface area contributed by atoms with Crippen molar-refractivity contribution in [1.82, 2.24) is 4.90 Å². The summed E-state index contributed by atoms with van der Waals surface area (Å²) in [5, 5.41) is 37.7. The lowest BCUT2D eigenvalue weighted by atomic mass is 10.0. The molecule has 2 rings (SSSR count). The Morgan fingerprint density at radius 3 is 2.67 bits per heavy atom. The van der Waals surface area contributed by atoms with Crippen LogP contribution in [-0.2, 0) is 4.79 Å². The van der Waals surface area contributed by atoms with E-state index >= 15 is 0 Å². The van der Waals surface area contributed by atoms with Gasteiger partial charge >= 0.3 is 0 Å². The van der Waals surface area contributed by atoms with Gasteiger partial charge in [0.2, 0.25) is 5.91 Å². The molecule has 1 amide bonds. The molecule has 6 heteroatoms. The summed E-state index contributed by atoms with van der Waals surface area (Å²) in [6.45, 7) is -0.537. The van der Waals surface area contributed by atoms with Crippen LogP contribution in [0, 0.1) is 0 Å². The highest BCUT2D eigenvalue weighted by Crippen LogP contribution is 2.35. The first-order valence-electron chi connectivity index (χ1n) is 5.04. The number of carbonyl (C=O) groups excluding carboxylic acids is 1. The lowest BCUT2D eigenvalue weighted by Gasteiger charge is -2.28. The molecule has 0 spiro atoms. The second-order valence-electron chi connectivity index (χ2n) is 4.13. The number of amides is 1. The van der Waals surface area contributed by atoms with Gasteiger partial charge in [-0.1, -0.05) is 0 Å². The van der Waals surface area contributed by atoms with Gasteiger partial charge < -0.3 is 25.3 Å². The van der Waals surface area contributed by atoms with Crippen LogP contribution in [0.2, 0.25) is 0 Å². The fourth-order valence-electron chi connectivity index (χ4n) is 2.56. The highest BCUT2D eigenvalue weighted by molar-refractivity contribution is 5.80. The van der Waals surface area contributed by atoms with Crippen LogP contribution < -0.4 is 0 Å². The van der Waals surface area contributed by atoms with Crippen LogP contribution in [0.5, 0.6) is 0 Å². The van der Waals surface area contributed by atoms with Crippen LogP contribution in [0.1, 0.15) is 12.8 Å². The highest BCUT2D eigenvalue weighted by Gasteiger charge is 2.54. The first kappa shape index (κ1) is 10.8. The smallest absolute Gasteiger partial charge is 0.223 e. The summed E-state index contributed by atoms with van der Waals surface area (Å²) in [7, 11) is 0. The van der Waals surface area contributed by atoms with Gasteiger partial charge in [0.1, 0.15) is 18.3 Å². The third kappa shape index (κ3) is 1.45. The fourth-order valence-corrected chi connectivity index (χ4v) is 2.56. The third-order valence-electron chi connectivity index (χ3n) is 3.30. The number of aliphatic hydroxyl groups excluding tert-OH is 4. The Labute approximate surface area is 86.7 Å². The summed E-state index contributed by atoms with van der Waals surface area (Å²) in [4.78, 5) is 12.8. The quantitative estimate of drug-likeness (QED) is 0.407. The number of hydrogen-bond donors (Lipinski definition) is 4. The molecule has 2 fully saturated rings. The maximum atomic E-state index is 11.5. The van der Waals surface area contributed by atoms with E-state index in [1.807, 2.05) is 0 Å². The molecule has 4 N–H and O–H groups in total. The van der Waals surface area contributed by atoms with E-state index in [0.29, 0.717) is 12.8 Å². The van der Waals surface area contributed by atoms with Crippen LogP contribution in [0.4, 0.5) is 0 Å². The average molecular weight is 217 g/mol. The van der Waals surface area contributed by atoms with Gasteiger partial charge in [-0.05, 0) is 6.42 Å². The zero-order chi connectivity index (χ0) is 11.2. The van der Waals surface area contributed by atoms with Crippen molar-refractivity contribution in [3.63, 3.8) is 0 Å². The summed E-state index contributed by atoms with van der Waals surface area (Å²) in [6, 6.07) is -1.30. The van der Waals surface area contributed by atoms with Crippen LogP contribution in [-0.4, -0.2) is 68.2 Å². The van der Waals surface area contributed by atoms with E-state index in [1.54, 1.807) is 0 Å². The number of aliphatic hydroxyl groups is 4. The summed E-state index contributed by atoms with van der Waals surface area (Å²) in [6.07, 6.45) is -2.60. The number of carbonyl (C=O) groups is 1. The van der Waals surface area contributed by atoms with Crippen molar-refractivity contribution in [2.45, 2.75) is 43.2 Å². The Kier molecular flexibility index (Phi) is 2.68. The first-order chi connectivity index (χ1) is 7.07. The largest absolute Gasteiger partial charge is 0.394 e. The van der Waals surface area contributed by atoms with Crippen molar-refractivity contribution < 1.29 is 25.2 Å². The van der Waals surface area contributed by atoms with E-state index in [-0.39, 0.29) is 5.91 Å². The fraction of sp³-hybridized carbons (Fsp3) is 0.889. The van der Waals surface area contributed by atoms with Crippen molar-refractivity contribution in [2.24, 2.45) is 0 Å². The second kappa shape index (κ2) is 3.71. The third-order valence-corrected chi connectivity index (χ3v) is 3.30. The molecule has 6 nitrogen and oxygen atoms in total. The molecule has 0 aromatic carbocycles. The molecule has 5 atom stereocenters. The van der Waals surface area contributed by atoms with Crippen molar-refractivity contribution >= 4 is 5.91 Å². The van der Waals surface area contributed by atoms with Crippen molar-refractivity contribution in [1.29, 1.82) is 0 Å². The number of nitrogens with zero attached hydrogens (tertiary/aromatic N) is 1. The number of rotatable bonds is 2. The minimum atomic E-state index is -1.21. The molecule has 0 bridgehead atoms. The van der Waals surface area contributed by atoms with E-state index in [0.717, 1.165) is 0 Å². The Morgan fingerprint density at radius 1 is 1.40 bits per heavy atom. The van der Waals surface area contributed by atoms with Crippen LogP contribution in [0.15, 0.2) is 0 Å². The minimum absolute atomic E-state index is 0.187. The van der Waals surface area contributed by atoms with Gasteiger partial charge in [0.15, 0.2) is 0 Å². The Balaban J connectivity index is 2.25. The van der Waals surface area contributed by atoms with Gasteiger partial charge in [-0.3, -0.25) is 4.79 Å². The van der Waals surface area contributed by atoms with E-state index in [1.165, 1.54) is 4.90 Å².